The highest BCUT2D eigenvalue weighted by molar-refractivity contribution is 7.15. The molecule has 1 aliphatic heterocycles. The van der Waals surface area contributed by atoms with Crippen LogP contribution in [0.5, 0.6) is 0 Å². The topological polar surface area (TPSA) is 66.7 Å². The van der Waals surface area contributed by atoms with Crippen molar-refractivity contribution in [3.63, 3.8) is 0 Å². The summed E-state index contributed by atoms with van der Waals surface area (Å²) in [6.07, 6.45) is 0. The number of amides is 1. The zero-order valence-electron chi connectivity index (χ0n) is 16.3. The van der Waals surface area contributed by atoms with Gasteiger partial charge >= 0.3 is 0 Å². The largest absolute Gasteiger partial charge is 0.335 e. The smallest absolute Gasteiger partial charge is 0.283 e. The number of piperazine rings is 1. The Bertz CT molecular complexity index is 1090. The first kappa shape index (κ1) is 20.6. The standard InChI is InChI=1S/C21H20FN3O3S2/c1-14-18(25(27)28)12-20(29-14)21(26)24-9-7-23(8-10-24)13-17-5-6-19(30-17)15-3-2-4-16(22)11-15/h2-6,11-12H,7-10,13H2,1H3. The van der Waals surface area contributed by atoms with Crippen LogP contribution in [0.1, 0.15) is 19.4 Å². The SMILES string of the molecule is Cc1sc(C(=O)N2CCN(Cc3ccc(-c4cccc(F)c4)s3)CC2)cc1[N+](=O)[O-]. The van der Waals surface area contributed by atoms with Crippen LogP contribution in [0.3, 0.4) is 0 Å². The molecule has 0 N–H and O–H groups in total. The van der Waals surface area contributed by atoms with Gasteiger partial charge in [0, 0.05) is 48.5 Å². The quantitative estimate of drug-likeness (QED) is 0.418. The van der Waals surface area contributed by atoms with Crippen molar-refractivity contribution in [3.8, 4) is 10.4 Å². The third-order valence-electron chi connectivity index (χ3n) is 5.11. The number of rotatable bonds is 5. The molecule has 0 atom stereocenters. The van der Waals surface area contributed by atoms with E-state index in [-0.39, 0.29) is 17.4 Å². The molecule has 0 unspecified atom stereocenters. The Kier molecular flexibility index (Phi) is 5.94. The van der Waals surface area contributed by atoms with Crippen molar-refractivity contribution in [1.29, 1.82) is 0 Å². The zero-order valence-corrected chi connectivity index (χ0v) is 18.0. The van der Waals surface area contributed by atoms with Crippen molar-refractivity contribution in [1.82, 2.24) is 9.80 Å². The first-order valence-electron chi connectivity index (χ1n) is 9.52. The summed E-state index contributed by atoms with van der Waals surface area (Å²) in [4.78, 5) is 30.5. The Balaban J connectivity index is 1.34. The number of aryl methyl sites for hydroxylation is 1. The van der Waals surface area contributed by atoms with Crippen molar-refractivity contribution < 1.29 is 14.1 Å². The van der Waals surface area contributed by atoms with E-state index in [0.29, 0.717) is 22.8 Å². The summed E-state index contributed by atoms with van der Waals surface area (Å²) in [6, 6.07) is 12.1. The Morgan fingerprint density at radius 3 is 2.57 bits per heavy atom. The van der Waals surface area contributed by atoms with E-state index in [2.05, 4.69) is 11.0 Å². The lowest BCUT2D eigenvalue weighted by Crippen LogP contribution is -2.48. The van der Waals surface area contributed by atoms with E-state index in [0.717, 1.165) is 30.1 Å². The van der Waals surface area contributed by atoms with E-state index >= 15 is 0 Å². The molecule has 0 bridgehead atoms. The molecule has 4 rings (SSSR count). The third kappa shape index (κ3) is 4.43. The van der Waals surface area contributed by atoms with Gasteiger partial charge in [-0.3, -0.25) is 19.8 Å². The molecule has 0 spiro atoms. The second kappa shape index (κ2) is 8.63. The Morgan fingerprint density at radius 2 is 1.90 bits per heavy atom. The first-order valence-corrected chi connectivity index (χ1v) is 11.1. The molecule has 0 saturated carbocycles. The second-order valence-electron chi connectivity index (χ2n) is 7.15. The summed E-state index contributed by atoms with van der Waals surface area (Å²) < 4.78 is 13.5. The van der Waals surface area contributed by atoms with Gasteiger partial charge in [-0.05, 0) is 36.8 Å². The molecular formula is C21H20FN3O3S2. The minimum atomic E-state index is -0.445. The van der Waals surface area contributed by atoms with Crippen molar-refractivity contribution in [2.45, 2.75) is 13.5 Å². The molecule has 1 fully saturated rings. The van der Waals surface area contributed by atoms with Crippen LogP contribution in [-0.2, 0) is 6.54 Å². The van der Waals surface area contributed by atoms with E-state index in [4.69, 9.17) is 0 Å². The van der Waals surface area contributed by atoms with E-state index in [9.17, 15) is 19.3 Å². The highest BCUT2D eigenvalue weighted by Crippen LogP contribution is 2.31. The maximum Gasteiger partial charge on any atom is 0.283 e. The molecule has 1 aliphatic rings. The molecule has 9 heteroatoms. The van der Waals surface area contributed by atoms with Gasteiger partial charge in [-0.2, -0.15) is 0 Å². The number of thiophene rings is 2. The van der Waals surface area contributed by atoms with Gasteiger partial charge in [-0.25, -0.2) is 4.39 Å². The fraction of sp³-hybridized carbons (Fsp3) is 0.286. The van der Waals surface area contributed by atoms with Gasteiger partial charge in [0.1, 0.15) is 5.82 Å². The maximum absolute atomic E-state index is 13.5. The molecule has 1 saturated heterocycles. The van der Waals surface area contributed by atoms with E-state index < -0.39 is 4.92 Å². The molecule has 1 aromatic carbocycles. The molecule has 1 amide bonds. The minimum Gasteiger partial charge on any atom is -0.335 e. The number of carbonyl (C=O) groups excluding carboxylic acids is 1. The fourth-order valence-corrected chi connectivity index (χ4v) is 5.51. The third-order valence-corrected chi connectivity index (χ3v) is 7.26. The fourth-order valence-electron chi connectivity index (χ4n) is 3.50. The van der Waals surface area contributed by atoms with Gasteiger partial charge in [0.15, 0.2) is 0 Å². The number of hydrogen-bond donors (Lipinski definition) is 0. The Hall–Kier alpha value is -2.62. The average Bonchev–Trinajstić information content (AvgIpc) is 3.35. The van der Waals surface area contributed by atoms with E-state index in [1.54, 1.807) is 29.2 Å². The van der Waals surface area contributed by atoms with Crippen LogP contribution in [0.15, 0.2) is 42.5 Å². The number of nitro groups is 1. The summed E-state index contributed by atoms with van der Waals surface area (Å²) in [7, 11) is 0. The van der Waals surface area contributed by atoms with Gasteiger partial charge in [0.2, 0.25) is 0 Å². The van der Waals surface area contributed by atoms with E-state index in [1.807, 2.05) is 12.1 Å². The van der Waals surface area contributed by atoms with Crippen LogP contribution in [0, 0.1) is 22.9 Å². The molecule has 3 heterocycles. The van der Waals surface area contributed by atoms with Gasteiger partial charge in [-0.15, -0.1) is 22.7 Å². The summed E-state index contributed by atoms with van der Waals surface area (Å²) in [5.74, 6) is -0.380. The molecule has 6 nitrogen and oxygen atoms in total. The molecular weight excluding hydrogens is 425 g/mol. The van der Waals surface area contributed by atoms with Gasteiger partial charge in [0.25, 0.3) is 11.6 Å². The molecule has 0 radical (unpaired) electrons. The number of halogens is 1. The van der Waals surface area contributed by atoms with Crippen LogP contribution in [0.25, 0.3) is 10.4 Å². The summed E-state index contributed by atoms with van der Waals surface area (Å²) >= 11 is 2.83. The minimum absolute atomic E-state index is 0.00813. The van der Waals surface area contributed by atoms with E-state index in [1.165, 1.54) is 34.4 Å². The predicted molar refractivity (Wildman–Crippen MR) is 117 cm³/mol. The predicted octanol–water partition coefficient (Wildman–Crippen LogP) is 4.79. The van der Waals surface area contributed by atoms with Crippen LogP contribution in [0.4, 0.5) is 10.1 Å². The number of carbonyl (C=O) groups is 1. The number of hydrogen-bond acceptors (Lipinski definition) is 6. The van der Waals surface area contributed by atoms with Crippen molar-refractivity contribution in [2.24, 2.45) is 0 Å². The highest BCUT2D eigenvalue weighted by Gasteiger charge is 2.26. The summed E-state index contributed by atoms with van der Waals surface area (Å²) in [6.45, 7) is 5.11. The van der Waals surface area contributed by atoms with Gasteiger partial charge < -0.3 is 4.90 Å². The molecule has 2 aromatic heterocycles. The molecule has 30 heavy (non-hydrogen) atoms. The lowest BCUT2D eigenvalue weighted by Gasteiger charge is -2.34. The molecule has 3 aromatic rings. The summed E-state index contributed by atoms with van der Waals surface area (Å²) in [5, 5.41) is 11.0. The lowest BCUT2D eigenvalue weighted by molar-refractivity contribution is -0.385. The van der Waals surface area contributed by atoms with Crippen molar-refractivity contribution >= 4 is 34.3 Å². The Labute approximate surface area is 181 Å². The average molecular weight is 446 g/mol. The van der Waals surface area contributed by atoms with Crippen LogP contribution >= 0.6 is 22.7 Å². The number of nitrogens with zero attached hydrogens (tertiary/aromatic N) is 3. The first-order chi connectivity index (χ1) is 14.4. The second-order valence-corrected chi connectivity index (χ2v) is 9.58. The van der Waals surface area contributed by atoms with Crippen LogP contribution < -0.4 is 0 Å². The maximum atomic E-state index is 13.5. The normalized spacial score (nSPS) is 14.8. The van der Waals surface area contributed by atoms with Gasteiger partial charge in [-0.1, -0.05) is 12.1 Å². The van der Waals surface area contributed by atoms with Crippen molar-refractivity contribution in [2.75, 3.05) is 26.2 Å². The highest BCUT2D eigenvalue weighted by atomic mass is 32.1. The Morgan fingerprint density at radius 1 is 1.13 bits per heavy atom. The van der Waals surface area contributed by atoms with Crippen molar-refractivity contribution in [3.05, 3.63) is 73.0 Å². The lowest BCUT2D eigenvalue weighted by atomic mass is 10.2. The zero-order chi connectivity index (χ0) is 21.3. The number of benzene rings is 1. The van der Waals surface area contributed by atoms with Crippen LogP contribution in [-0.4, -0.2) is 46.8 Å². The van der Waals surface area contributed by atoms with Crippen LogP contribution in [0.2, 0.25) is 0 Å². The molecule has 0 aliphatic carbocycles. The molecule has 156 valence electrons. The monoisotopic (exact) mass is 445 g/mol. The van der Waals surface area contributed by atoms with Gasteiger partial charge in [0.05, 0.1) is 14.7 Å². The summed E-state index contributed by atoms with van der Waals surface area (Å²) in [5.41, 5.74) is 0.885.